The molecule has 2 N–H and O–H groups in total. The molecule has 0 fully saturated rings. The van der Waals surface area contributed by atoms with Crippen molar-refractivity contribution in [1.82, 2.24) is 4.72 Å². The zero-order valence-corrected chi connectivity index (χ0v) is 12.5. The second kappa shape index (κ2) is 6.67. The predicted octanol–water partition coefficient (Wildman–Crippen LogP) is 1.96. The summed E-state index contributed by atoms with van der Waals surface area (Å²) in [5.74, 6) is 0.387. The molecule has 0 aliphatic heterocycles. The van der Waals surface area contributed by atoms with Crippen LogP contribution in [-0.4, -0.2) is 26.9 Å². The topological polar surface area (TPSA) is 101 Å². The van der Waals surface area contributed by atoms with Crippen LogP contribution in [-0.2, 0) is 10.0 Å². The molecule has 0 amide bonds. The van der Waals surface area contributed by atoms with Crippen LogP contribution in [0.15, 0.2) is 23.1 Å². The van der Waals surface area contributed by atoms with Gasteiger partial charge in [0, 0.05) is 25.7 Å². The Morgan fingerprint density at radius 3 is 2.50 bits per heavy atom. The summed E-state index contributed by atoms with van der Waals surface area (Å²) in [6, 6.07) is 3.62. The van der Waals surface area contributed by atoms with Crippen LogP contribution in [0.3, 0.4) is 0 Å². The van der Waals surface area contributed by atoms with Crippen molar-refractivity contribution in [1.29, 1.82) is 0 Å². The monoisotopic (exact) mass is 301 g/mol. The van der Waals surface area contributed by atoms with Crippen molar-refractivity contribution in [3.05, 3.63) is 28.3 Å². The Labute approximate surface area is 118 Å². The van der Waals surface area contributed by atoms with Gasteiger partial charge in [0.25, 0.3) is 5.69 Å². The highest BCUT2D eigenvalue weighted by Crippen LogP contribution is 2.25. The predicted molar refractivity (Wildman–Crippen MR) is 77.3 cm³/mol. The molecule has 20 heavy (non-hydrogen) atoms. The Hall–Kier alpha value is -1.67. The van der Waals surface area contributed by atoms with Crippen molar-refractivity contribution in [3.8, 4) is 0 Å². The summed E-state index contributed by atoms with van der Waals surface area (Å²) >= 11 is 0. The fraction of sp³-hybridized carbons (Fsp3) is 0.500. The first-order valence-electron chi connectivity index (χ1n) is 6.23. The number of anilines is 1. The molecule has 0 unspecified atom stereocenters. The average molecular weight is 301 g/mol. The Balaban J connectivity index is 3.02. The number of hydrogen-bond donors (Lipinski definition) is 2. The van der Waals surface area contributed by atoms with Gasteiger partial charge in [-0.05, 0) is 18.4 Å². The van der Waals surface area contributed by atoms with Crippen LogP contribution < -0.4 is 10.0 Å². The third kappa shape index (κ3) is 4.17. The highest BCUT2D eigenvalue weighted by molar-refractivity contribution is 7.89. The van der Waals surface area contributed by atoms with E-state index in [4.69, 9.17) is 0 Å². The largest absolute Gasteiger partial charge is 0.387 e. The molecule has 1 rings (SSSR count). The Kier molecular flexibility index (Phi) is 5.46. The third-order valence-corrected chi connectivity index (χ3v) is 4.27. The van der Waals surface area contributed by atoms with Gasteiger partial charge in [0.2, 0.25) is 10.0 Å². The van der Waals surface area contributed by atoms with Crippen LogP contribution in [0.1, 0.15) is 20.3 Å². The Bertz CT molecular complexity index is 584. The lowest BCUT2D eigenvalue weighted by Gasteiger charge is -2.11. The first-order chi connectivity index (χ1) is 9.27. The standard InChI is InChI=1S/C12H19N3O4S/c1-9(2)6-7-14-20(18,19)12-5-4-10(15(16)17)8-11(12)13-3/h4-5,8-9,13-14H,6-7H2,1-3H3. The summed E-state index contributed by atoms with van der Waals surface area (Å²) in [7, 11) is -2.16. The summed E-state index contributed by atoms with van der Waals surface area (Å²) in [6.45, 7) is 4.33. The highest BCUT2D eigenvalue weighted by atomic mass is 32.2. The minimum Gasteiger partial charge on any atom is -0.387 e. The molecule has 7 nitrogen and oxygen atoms in total. The summed E-state index contributed by atoms with van der Waals surface area (Å²) in [5.41, 5.74) is 0.0479. The number of benzene rings is 1. The summed E-state index contributed by atoms with van der Waals surface area (Å²) in [5, 5.41) is 13.4. The molecule has 112 valence electrons. The number of nitro groups is 1. The van der Waals surface area contributed by atoms with Crippen molar-refractivity contribution >= 4 is 21.4 Å². The van der Waals surface area contributed by atoms with Crippen LogP contribution in [0.5, 0.6) is 0 Å². The first-order valence-corrected chi connectivity index (χ1v) is 7.72. The van der Waals surface area contributed by atoms with E-state index in [1.54, 1.807) is 0 Å². The minimum absolute atomic E-state index is 0.00866. The SMILES string of the molecule is CNc1cc([N+](=O)[O-])ccc1S(=O)(=O)NCCC(C)C. The molecule has 0 atom stereocenters. The van der Waals surface area contributed by atoms with Crippen LogP contribution in [0.4, 0.5) is 11.4 Å². The molecule has 1 aromatic rings. The smallest absolute Gasteiger partial charge is 0.271 e. The molecule has 0 spiro atoms. The van der Waals surface area contributed by atoms with Crippen molar-refractivity contribution in [2.45, 2.75) is 25.2 Å². The van der Waals surface area contributed by atoms with Crippen LogP contribution >= 0.6 is 0 Å². The second-order valence-corrected chi connectivity index (χ2v) is 6.50. The lowest BCUT2D eigenvalue weighted by molar-refractivity contribution is -0.384. The van der Waals surface area contributed by atoms with E-state index < -0.39 is 14.9 Å². The Morgan fingerprint density at radius 2 is 2.00 bits per heavy atom. The van der Waals surface area contributed by atoms with Gasteiger partial charge in [-0.15, -0.1) is 0 Å². The van der Waals surface area contributed by atoms with Gasteiger partial charge in [0.1, 0.15) is 4.90 Å². The van der Waals surface area contributed by atoms with Gasteiger partial charge in [-0.3, -0.25) is 10.1 Å². The van der Waals surface area contributed by atoms with Gasteiger partial charge in [0.15, 0.2) is 0 Å². The minimum atomic E-state index is -3.68. The fourth-order valence-electron chi connectivity index (χ4n) is 1.62. The maximum absolute atomic E-state index is 12.2. The molecular weight excluding hydrogens is 282 g/mol. The third-order valence-electron chi connectivity index (χ3n) is 2.75. The van der Waals surface area contributed by atoms with Gasteiger partial charge in [-0.2, -0.15) is 0 Å². The van der Waals surface area contributed by atoms with Crippen LogP contribution in [0, 0.1) is 16.0 Å². The van der Waals surface area contributed by atoms with Gasteiger partial charge >= 0.3 is 0 Å². The van der Waals surface area contributed by atoms with E-state index >= 15 is 0 Å². The lowest BCUT2D eigenvalue weighted by atomic mass is 10.1. The molecule has 0 aliphatic carbocycles. The summed E-state index contributed by atoms with van der Waals surface area (Å²) < 4.78 is 26.8. The van der Waals surface area contributed by atoms with Crippen molar-refractivity contribution in [3.63, 3.8) is 0 Å². The second-order valence-electron chi connectivity index (χ2n) is 4.77. The maximum Gasteiger partial charge on any atom is 0.271 e. The molecule has 0 heterocycles. The van der Waals surface area contributed by atoms with Gasteiger partial charge in [-0.25, -0.2) is 13.1 Å². The molecular formula is C12H19N3O4S. The van der Waals surface area contributed by atoms with E-state index in [0.717, 1.165) is 6.42 Å². The van der Waals surface area contributed by atoms with E-state index in [1.165, 1.54) is 25.2 Å². The summed E-state index contributed by atoms with van der Waals surface area (Å²) in [4.78, 5) is 10.1. The molecule has 1 aromatic carbocycles. The number of nitro benzene ring substituents is 1. The molecule has 0 aromatic heterocycles. The molecule has 0 saturated heterocycles. The van der Waals surface area contributed by atoms with E-state index in [9.17, 15) is 18.5 Å². The number of hydrogen-bond acceptors (Lipinski definition) is 5. The molecule has 0 aliphatic rings. The zero-order valence-electron chi connectivity index (χ0n) is 11.7. The van der Waals surface area contributed by atoms with Gasteiger partial charge < -0.3 is 5.32 Å². The van der Waals surface area contributed by atoms with Gasteiger partial charge in [-0.1, -0.05) is 13.8 Å². The average Bonchev–Trinajstić information content (AvgIpc) is 2.37. The normalized spacial score (nSPS) is 11.6. The number of nitrogens with zero attached hydrogens (tertiary/aromatic N) is 1. The maximum atomic E-state index is 12.2. The fourth-order valence-corrected chi connectivity index (χ4v) is 2.86. The zero-order chi connectivity index (χ0) is 15.3. The molecule has 0 bridgehead atoms. The number of non-ortho nitro benzene ring substituents is 1. The molecule has 0 radical (unpaired) electrons. The lowest BCUT2D eigenvalue weighted by Crippen LogP contribution is -2.26. The van der Waals surface area contributed by atoms with Crippen molar-refractivity contribution in [2.24, 2.45) is 5.92 Å². The first kappa shape index (κ1) is 16.4. The number of sulfonamides is 1. The van der Waals surface area contributed by atoms with E-state index in [1.807, 2.05) is 13.8 Å². The van der Waals surface area contributed by atoms with Crippen molar-refractivity contribution < 1.29 is 13.3 Å². The molecule has 8 heteroatoms. The van der Waals surface area contributed by atoms with E-state index in [0.29, 0.717) is 12.5 Å². The van der Waals surface area contributed by atoms with E-state index in [-0.39, 0.29) is 16.3 Å². The summed E-state index contributed by atoms with van der Waals surface area (Å²) in [6.07, 6.45) is 0.723. The van der Waals surface area contributed by atoms with Crippen LogP contribution in [0.2, 0.25) is 0 Å². The van der Waals surface area contributed by atoms with E-state index in [2.05, 4.69) is 10.0 Å². The highest BCUT2D eigenvalue weighted by Gasteiger charge is 2.20. The quantitative estimate of drug-likeness (QED) is 0.592. The van der Waals surface area contributed by atoms with Crippen molar-refractivity contribution in [2.75, 3.05) is 18.9 Å². The number of rotatable bonds is 7. The Morgan fingerprint density at radius 1 is 1.35 bits per heavy atom. The number of nitrogens with one attached hydrogen (secondary N) is 2. The van der Waals surface area contributed by atoms with Crippen LogP contribution in [0.25, 0.3) is 0 Å². The van der Waals surface area contributed by atoms with Gasteiger partial charge in [0.05, 0.1) is 10.6 Å². The molecule has 0 saturated carbocycles.